The largest absolute Gasteiger partial charge is 0.497 e. The number of benzene rings is 1. The van der Waals surface area contributed by atoms with Crippen molar-refractivity contribution in [3.63, 3.8) is 0 Å². The van der Waals surface area contributed by atoms with Gasteiger partial charge in [0.05, 0.1) is 12.7 Å². The van der Waals surface area contributed by atoms with Crippen LogP contribution < -0.4 is 10.5 Å². The molecule has 0 amide bonds. The molecule has 2 N–H and O–H groups in total. The van der Waals surface area contributed by atoms with Crippen LogP contribution in [-0.4, -0.2) is 12.1 Å². The first kappa shape index (κ1) is 12.2. The second-order valence-corrected chi connectivity index (χ2v) is 3.70. The highest BCUT2D eigenvalue weighted by Gasteiger charge is 2.02. The maximum absolute atomic E-state index is 8.84. The number of methoxy groups -OCH3 is 1. The highest BCUT2D eigenvalue weighted by atomic mass is 32.1. The van der Waals surface area contributed by atoms with Gasteiger partial charge in [0.15, 0.2) is 0 Å². The first-order chi connectivity index (χ1) is 7.58. The quantitative estimate of drug-likeness (QED) is 0.493. The highest BCUT2D eigenvalue weighted by molar-refractivity contribution is 7.80. The molecule has 0 unspecified atom stereocenters. The second kappa shape index (κ2) is 5.29. The summed E-state index contributed by atoms with van der Waals surface area (Å²) in [5, 5.41) is 8.84. The molecule has 82 valence electrons. The topological polar surface area (TPSA) is 59.0 Å². The highest BCUT2D eigenvalue weighted by Crippen LogP contribution is 2.19. The molecule has 0 radical (unpaired) electrons. The van der Waals surface area contributed by atoms with E-state index in [4.69, 9.17) is 28.0 Å². The summed E-state index contributed by atoms with van der Waals surface area (Å²) in [7, 11) is 1.61. The van der Waals surface area contributed by atoms with Crippen LogP contribution in [0.1, 0.15) is 11.1 Å². The summed E-state index contributed by atoms with van der Waals surface area (Å²) in [5.41, 5.74) is 7.64. The molecule has 0 fully saturated rings. The van der Waals surface area contributed by atoms with Crippen LogP contribution >= 0.6 is 12.2 Å². The Labute approximate surface area is 100 Å². The summed E-state index contributed by atoms with van der Waals surface area (Å²) >= 11 is 4.77. The molecule has 0 bridgehead atoms. The Bertz CT molecular complexity index is 486. The van der Waals surface area contributed by atoms with Gasteiger partial charge in [-0.15, -0.1) is 0 Å². The monoisotopic (exact) mass is 232 g/mol. The Morgan fingerprint density at radius 1 is 1.56 bits per heavy atom. The van der Waals surface area contributed by atoms with Gasteiger partial charge in [0.25, 0.3) is 0 Å². The minimum Gasteiger partial charge on any atom is -0.497 e. The molecule has 0 aromatic heterocycles. The Balaban J connectivity index is 3.16. The summed E-state index contributed by atoms with van der Waals surface area (Å²) in [6.45, 7) is 1.93. The van der Waals surface area contributed by atoms with Gasteiger partial charge in [0, 0.05) is 0 Å². The molecule has 4 heteroatoms. The van der Waals surface area contributed by atoms with Crippen molar-refractivity contribution in [2.45, 2.75) is 6.92 Å². The van der Waals surface area contributed by atoms with Crippen LogP contribution in [0.5, 0.6) is 5.75 Å². The molecular weight excluding hydrogens is 220 g/mol. The molecule has 0 aliphatic heterocycles. The van der Waals surface area contributed by atoms with Gasteiger partial charge in [0.1, 0.15) is 16.8 Å². The smallest absolute Gasteiger partial charge is 0.119 e. The van der Waals surface area contributed by atoms with Crippen LogP contribution in [0.25, 0.3) is 6.08 Å². The van der Waals surface area contributed by atoms with E-state index in [1.165, 1.54) is 0 Å². The molecule has 0 heterocycles. The van der Waals surface area contributed by atoms with Gasteiger partial charge in [0.2, 0.25) is 0 Å². The third kappa shape index (κ3) is 2.81. The normalized spacial score (nSPS) is 10.7. The van der Waals surface area contributed by atoms with Crippen LogP contribution in [0.15, 0.2) is 23.8 Å². The van der Waals surface area contributed by atoms with Crippen LogP contribution in [0.4, 0.5) is 0 Å². The molecule has 0 saturated carbocycles. The Kier molecular flexibility index (Phi) is 4.03. The Hall–Kier alpha value is -1.86. The van der Waals surface area contributed by atoms with Crippen molar-refractivity contribution >= 4 is 23.3 Å². The molecular formula is C12H12N2OS. The standard InChI is InChI=1S/C12H12N2OS/c1-8-5-11(15-2)4-3-9(8)6-10(7-13)12(14)16/h3-6H,1-2H3,(H2,14,16)/b10-6+. The fourth-order valence-electron chi connectivity index (χ4n) is 1.25. The third-order valence-corrected chi connectivity index (χ3v) is 2.38. The van der Waals surface area contributed by atoms with Crippen LogP contribution in [0.3, 0.4) is 0 Å². The first-order valence-corrected chi connectivity index (χ1v) is 5.05. The number of nitrogens with two attached hydrogens (primary N) is 1. The second-order valence-electron chi connectivity index (χ2n) is 3.26. The van der Waals surface area contributed by atoms with E-state index in [1.54, 1.807) is 13.2 Å². The van der Waals surface area contributed by atoms with Crippen molar-refractivity contribution in [1.82, 2.24) is 0 Å². The SMILES string of the molecule is COc1ccc(/C=C(\C#N)C(N)=S)c(C)c1. The van der Waals surface area contributed by atoms with E-state index in [9.17, 15) is 0 Å². The summed E-state index contributed by atoms with van der Waals surface area (Å²) in [5.74, 6) is 0.781. The zero-order valence-electron chi connectivity index (χ0n) is 9.15. The Morgan fingerprint density at radius 3 is 2.69 bits per heavy atom. The van der Waals surface area contributed by atoms with Crippen LogP contribution in [0, 0.1) is 18.3 Å². The van der Waals surface area contributed by atoms with Crippen molar-refractivity contribution in [2.75, 3.05) is 7.11 Å². The number of rotatable bonds is 3. The maximum atomic E-state index is 8.84. The van der Waals surface area contributed by atoms with E-state index < -0.39 is 0 Å². The number of hydrogen-bond donors (Lipinski definition) is 1. The third-order valence-electron chi connectivity index (χ3n) is 2.16. The van der Waals surface area contributed by atoms with Crippen molar-refractivity contribution in [3.8, 4) is 11.8 Å². The fraction of sp³-hybridized carbons (Fsp3) is 0.167. The Morgan fingerprint density at radius 2 is 2.25 bits per heavy atom. The lowest BCUT2D eigenvalue weighted by Crippen LogP contribution is -2.09. The predicted molar refractivity (Wildman–Crippen MR) is 68.1 cm³/mol. The van der Waals surface area contributed by atoms with Gasteiger partial charge in [-0.2, -0.15) is 5.26 Å². The predicted octanol–water partition coefficient (Wildman–Crippen LogP) is 2.20. The minimum absolute atomic E-state index is 0.109. The van der Waals surface area contributed by atoms with Crippen molar-refractivity contribution < 1.29 is 4.74 Å². The summed E-state index contributed by atoms with van der Waals surface area (Å²) in [6, 6.07) is 7.55. The summed E-state index contributed by atoms with van der Waals surface area (Å²) in [4.78, 5) is 0.109. The molecule has 1 aromatic rings. The number of nitriles is 1. The van der Waals surface area contributed by atoms with Gasteiger partial charge in [-0.1, -0.05) is 18.3 Å². The van der Waals surface area contributed by atoms with Crippen molar-refractivity contribution in [1.29, 1.82) is 5.26 Å². The van der Waals surface area contributed by atoms with E-state index in [1.807, 2.05) is 31.2 Å². The number of aryl methyl sites for hydroxylation is 1. The van der Waals surface area contributed by atoms with Crippen molar-refractivity contribution in [2.24, 2.45) is 5.73 Å². The van der Waals surface area contributed by atoms with Crippen molar-refractivity contribution in [3.05, 3.63) is 34.9 Å². The van der Waals surface area contributed by atoms with Crippen LogP contribution in [-0.2, 0) is 0 Å². The number of hydrogen-bond acceptors (Lipinski definition) is 3. The van der Waals surface area contributed by atoms with Gasteiger partial charge < -0.3 is 10.5 Å². The average Bonchev–Trinajstić information content (AvgIpc) is 2.26. The molecule has 16 heavy (non-hydrogen) atoms. The van der Waals surface area contributed by atoms with E-state index in [0.717, 1.165) is 16.9 Å². The molecule has 3 nitrogen and oxygen atoms in total. The van der Waals surface area contributed by atoms with Gasteiger partial charge in [-0.05, 0) is 36.3 Å². The number of thiocarbonyl (C=S) groups is 1. The lowest BCUT2D eigenvalue weighted by Gasteiger charge is -2.04. The molecule has 1 aromatic carbocycles. The average molecular weight is 232 g/mol. The molecule has 0 aliphatic carbocycles. The lowest BCUT2D eigenvalue weighted by molar-refractivity contribution is 0.414. The summed E-state index contributed by atoms with van der Waals surface area (Å²) in [6.07, 6.45) is 1.68. The molecule has 1 rings (SSSR count). The van der Waals surface area contributed by atoms with Crippen LogP contribution in [0.2, 0.25) is 0 Å². The zero-order valence-corrected chi connectivity index (χ0v) is 9.97. The maximum Gasteiger partial charge on any atom is 0.119 e. The lowest BCUT2D eigenvalue weighted by atomic mass is 10.1. The van der Waals surface area contributed by atoms with E-state index in [0.29, 0.717) is 5.57 Å². The number of ether oxygens (including phenoxy) is 1. The fourth-order valence-corrected chi connectivity index (χ4v) is 1.36. The zero-order chi connectivity index (χ0) is 12.1. The number of nitrogens with zero attached hydrogens (tertiary/aromatic N) is 1. The minimum atomic E-state index is 0.109. The van der Waals surface area contributed by atoms with Gasteiger partial charge >= 0.3 is 0 Å². The van der Waals surface area contributed by atoms with Gasteiger partial charge in [-0.3, -0.25) is 0 Å². The van der Waals surface area contributed by atoms with E-state index >= 15 is 0 Å². The van der Waals surface area contributed by atoms with E-state index in [2.05, 4.69) is 0 Å². The van der Waals surface area contributed by atoms with Gasteiger partial charge in [-0.25, -0.2) is 0 Å². The molecule has 0 saturated heterocycles. The first-order valence-electron chi connectivity index (χ1n) is 4.64. The molecule has 0 aliphatic rings. The molecule has 0 spiro atoms. The summed E-state index contributed by atoms with van der Waals surface area (Å²) < 4.78 is 5.09. The molecule has 0 atom stereocenters. The van der Waals surface area contributed by atoms with E-state index in [-0.39, 0.29) is 4.99 Å².